The molecule has 1 unspecified atom stereocenters. The van der Waals surface area contributed by atoms with Crippen LogP contribution >= 0.6 is 0 Å². The first kappa shape index (κ1) is 17.5. The van der Waals surface area contributed by atoms with Gasteiger partial charge in [0, 0.05) is 6.04 Å². The largest absolute Gasteiger partial charge is 0.480 e. The molecule has 0 saturated carbocycles. The number of ether oxygens (including phenoxy) is 1. The maximum absolute atomic E-state index is 12.6. The SMILES string of the molecule is C=CCC1N(C(=O)OC(C)(C)C)[C@](C)(C(=O)O)CC1(C)C. The average Bonchev–Trinajstić information content (AvgIpc) is 2.45. The lowest BCUT2D eigenvalue weighted by molar-refractivity contribution is -0.149. The molecule has 1 saturated heterocycles. The summed E-state index contributed by atoms with van der Waals surface area (Å²) in [4.78, 5) is 25.7. The zero-order chi connectivity index (χ0) is 16.6. The van der Waals surface area contributed by atoms with Crippen molar-refractivity contribution in [2.45, 2.75) is 71.6 Å². The fourth-order valence-electron chi connectivity index (χ4n) is 3.18. The van der Waals surface area contributed by atoms with Crippen LogP contribution in [0.15, 0.2) is 12.7 Å². The highest BCUT2D eigenvalue weighted by atomic mass is 16.6. The van der Waals surface area contributed by atoms with Gasteiger partial charge in [0.05, 0.1) is 0 Å². The van der Waals surface area contributed by atoms with Gasteiger partial charge in [0.1, 0.15) is 11.1 Å². The molecule has 0 spiro atoms. The number of amides is 1. The van der Waals surface area contributed by atoms with Crippen LogP contribution in [0, 0.1) is 5.41 Å². The van der Waals surface area contributed by atoms with Crippen molar-refractivity contribution in [3.05, 3.63) is 12.7 Å². The van der Waals surface area contributed by atoms with E-state index in [0.29, 0.717) is 12.8 Å². The summed E-state index contributed by atoms with van der Waals surface area (Å²) in [6, 6.07) is -0.244. The molecular formula is C16H27NO4. The summed E-state index contributed by atoms with van der Waals surface area (Å²) < 4.78 is 5.43. The molecule has 2 atom stereocenters. The van der Waals surface area contributed by atoms with Gasteiger partial charge >= 0.3 is 12.1 Å². The number of rotatable bonds is 3. The Bertz CT molecular complexity index is 450. The van der Waals surface area contributed by atoms with Gasteiger partial charge in [0.2, 0.25) is 0 Å². The minimum absolute atomic E-state index is 0.244. The average molecular weight is 297 g/mol. The van der Waals surface area contributed by atoms with Crippen LogP contribution in [0.3, 0.4) is 0 Å². The van der Waals surface area contributed by atoms with Gasteiger partial charge in [-0.1, -0.05) is 19.9 Å². The third-order valence-electron chi connectivity index (χ3n) is 3.99. The molecule has 5 nitrogen and oxygen atoms in total. The summed E-state index contributed by atoms with van der Waals surface area (Å²) in [5.74, 6) is -1.01. The van der Waals surface area contributed by atoms with Gasteiger partial charge in [-0.05, 0) is 46.0 Å². The lowest BCUT2D eigenvalue weighted by atomic mass is 9.79. The summed E-state index contributed by atoms with van der Waals surface area (Å²) in [6.07, 6.45) is 2.06. The molecule has 5 heteroatoms. The van der Waals surface area contributed by atoms with Crippen LogP contribution in [0.25, 0.3) is 0 Å². The number of hydrogen-bond donors (Lipinski definition) is 1. The molecule has 1 rings (SSSR count). The van der Waals surface area contributed by atoms with E-state index in [1.54, 1.807) is 33.8 Å². The molecule has 1 aliphatic rings. The number of likely N-dealkylation sites (tertiary alicyclic amines) is 1. The van der Waals surface area contributed by atoms with E-state index in [-0.39, 0.29) is 11.5 Å². The normalized spacial score (nSPS) is 28.3. The van der Waals surface area contributed by atoms with Crippen LogP contribution in [0.1, 0.15) is 54.4 Å². The zero-order valence-corrected chi connectivity index (χ0v) is 13.9. The van der Waals surface area contributed by atoms with Crippen LogP contribution in [0.4, 0.5) is 4.79 Å². The zero-order valence-electron chi connectivity index (χ0n) is 13.9. The van der Waals surface area contributed by atoms with Gasteiger partial charge in [0.25, 0.3) is 0 Å². The summed E-state index contributed by atoms with van der Waals surface area (Å²) in [7, 11) is 0. The molecule has 0 aromatic rings. The number of hydrogen-bond acceptors (Lipinski definition) is 3. The highest BCUT2D eigenvalue weighted by molar-refractivity contribution is 5.85. The van der Waals surface area contributed by atoms with Gasteiger partial charge in [0.15, 0.2) is 0 Å². The number of carboxylic acid groups (broad SMARTS) is 1. The monoisotopic (exact) mass is 297 g/mol. The van der Waals surface area contributed by atoms with Crippen molar-refractivity contribution in [1.29, 1.82) is 0 Å². The van der Waals surface area contributed by atoms with E-state index in [1.165, 1.54) is 4.90 Å². The minimum atomic E-state index is -1.26. The fraction of sp³-hybridized carbons (Fsp3) is 0.750. The first-order chi connectivity index (χ1) is 9.35. The maximum atomic E-state index is 12.6. The molecule has 1 amide bonds. The van der Waals surface area contributed by atoms with Gasteiger partial charge in [-0.2, -0.15) is 0 Å². The third kappa shape index (κ3) is 3.39. The molecule has 1 aliphatic heterocycles. The van der Waals surface area contributed by atoms with Crippen molar-refractivity contribution in [3.63, 3.8) is 0 Å². The van der Waals surface area contributed by atoms with Crippen molar-refractivity contribution in [1.82, 2.24) is 4.90 Å². The molecular weight excluding hydrogens is 270 g/mol. The van der Waals surface area contributed by atoms with Crippen molar-refractivity contribution in [2.75, 3.05) is 0 Å². The Kier molecular flexibility index (Phi) is 4.47. The highest BCUT2D eigenvalue weighted by Gasteiger charge is 2.59. The standard InChI is InChI=1S/C16H27NO4/c1-8-9-11-15(5,6)10-16(7,12(18)19)17(11)13(20)21-14(2,3)4/h8,11H,1,9-10H2,2-7H3,(H,18,19)/t11?,16-/m0/s1. The van der Waals surface area contributed by atoms with E-state index in [9.17, 15) is 14.7 Å². The van der Waals surface area contributed by atoms with Crippen LogP contribution in [0.2, 0.25) is 0 Å². The molecule has 1 heterocycles. The van der Waals surface area contributed by atoms with Crippen molar-refractivity contribution < 1.29 is 19.4 Å². The maximum Gasteiger partial charge on any atom is 0.411 e. The second-order valence-electron chi connectivity index (χ2n) is 7.63. The molecule has 21 heavy (non-hydrogen) atoms. The Morgan fingerprint density at radius 1 is 1.38 bits per heavy atom. The lowest BCUT2D eigenvalue weighted by Gasteiger charge is -2.37. The predicted octanol–water partition coefficient (Wildman–Crippen LogP) is 3.44. The Hall–Kier alpha value is -1.52. The van der Waals surface area contributed by atoms with Gasteiger partial charge in [-0.15, -0.1) is 6.58 Å². The summed E-state index contributed by atoms with van der Waals surface area (Å²) in [5.41, 5.74) is -2.25. The first-order valence-corrected chi connectivity index (χ1v) is 7.22. The molecule has 1 N–H and O–H groups in total. The third-order valence-corrected chi connectivity index (χ3v) is 3.99. The molecule has 0 radical (unpaired) electrons. The second-order valence-corrected chi connectivity index (χ2v) is 7.63. The molecule has 0 aromatic heterocycles. The summed E-state index contributed by atoms with van der Waals surface area (Å²) in [6.45, 7) is 14.6. The highest BCUT2D eigenvalue weighted by Crippen LogP contribution is 2.48. The van der Waals surface area contributed by atoms with E-state index < -0.39 is 23.2 Å². The number of carbonyl (C=O) groups excluding carboxylic acids is 1. The molecule has 0 aromatic carbocycles. The smallest absolute Gasteiger partial charge is 0.411 e. The van der Waals surface area contributed by atoms with E-state index >= 15 is 0 Å². The topological polar surface area (TPSA) is 66.8 Å². The van der Waals surface area contributed by atoms with E-state index in [1.807, 2.05) is 13.8 Å². The molecule has 1 fully saturated rings. The Morgan fingerprint density at radius 3 is 2.29 bits per heavy atom. The van der Waals surface area contributed by atoms with E-state index in [4.69, 9.17) is 4.74 Å². The number of aliphatic carboxylic acids is 1. The van der Waals surface area contributed by atoms with Gasteiger partial charge in [-0.3, -0.25) is 4.90 Å². The summed E-state index contributed by atoms with van der Waals surface area (Å²) in [5, 5.41) is 9.63. The predicted molar refractivity (Wildman–Crippen MR) is 81.1 cm³/mol. The fourth-order valence-corrected chi connectivity index (χ4v) is 3.18. The molecule has 120 valence electrons. The van der Waals surface area contributed by atoms with Crippen LogP contribution in [-0.4, -0.2) is 39.3 Å². The quantitative estimate of drug-likeness (QED) is 0.810. The Morgan fingerprint density at radius 2 is 1.90 bits per heavy atom. The lowest BCUT2D eigenvalue weighted by Crippen LogP contribution is -2.55. The summed E-state index contributed by atoms with van der Waals surface area (Å²) >= 11 is 0. The van der Waals surface area contributed by atoms with Gasteiger partial charge in [-0.25, -0.2) is 9.59 Å². The second kappa shape index (κ2) is 5.35. The minimum Gasteiger partial charge on any atom is -0.480 e. The van der Waals surface area contributed by atoms with Crippen LogP contribution in [-0.2, 0) is 9.53 Å². The number of carbonyl (C=O) groups is 2. The molecule has 0 bridgehead atoms. The van der Waals surface area contributed by atoms with E-state index in [0.717, 1.165) is 0 Å². The van der Waals surface area contributed by atoms with Crippen molar-refractivity contribution in [2.24, 2.45) is 5.41 Å². The Balaban J connectivity index is 3.26. The van der Waals surface area contributed by atoms with Crippen molar-refractivity contribution >= 4 is 12.1 Å². The molecule has 0 aliphatic carbocycles. The van der Waals surface area contributed by atoms with Crippen LogP contribution in [0.5, 0.6) is 0 Å². The Labute approximate surface area is 127 Å². The van der Waals surface area contributed by atoms with E-state index in [2.05, 4.69) is 6.58 Å². The van der Waals surface area contributed by atoms with Crippen LogP contribution < -0.4 is 0 Å². The number of nitrogens with zero attached hydrogens (tertiary/aromatic N) is 1. The first-order valence-electron chi connectivity index (χ1n) is 7.22. The van der Waals surface area contributed by atoms with Crippen molar-refractivity contribution in [3.8, 4) is 0 Å². The number of carboxylic acids is 1. The van der Waals surface area contributed by atoms with Gasteiger partial charge < -0.3 is 9.84 Å².